The van der Waals surface area contributed by atoms with Crippen molar-refractivity contribution in [1.82, 2.24) is 0 Å². The largest absolute Gasteiger partial charge is 0.493 e. The van der Waals surface area contributed by atoms with Gasteiger partial charge in [-0.25, -0.2) is 4.79 Å². The summed E-state index contributed by atoms with van der Waals surface area (Å²) in [6.07, 6.45) is 6.26. The molecule has 0 aromatic heterocycles. The van der Waals surface area contributed by atoms with E-state index in [0.717, 1.165) is 5.56 Å². The van der Waals surface area contributed by atoms with Gasteiger partial charge in [0.15, 0.2) is 11.5 Å². The van der Waals surface area contributed by atoms with E-state index in [2.05, 4.69) is 0 Å². The zero-order valence-corrected chi connectivity index (χ0v) is 18.2. The number of esters is 3. The lowest BCUT2D eigenvalue weighted by Gasteiger charge is -2.13. The van der Waals surface area contributed by atoms with Crippen molar-refractivity contribution in [3.05, 3.63) is 59.7 Å². The summed E-state index contributed by atoms with van der Waals surface area (Å²) in [7, 11) is 2.90. The fraction of sp³-hybridized carbons (Fsp3) is 0.208. The Morgan fingerprint density at radius 2 is 1.41 bits per heavy atom. The quantitative estimate of drug-likeness (QED) is 0.330. The molecule has 0 N–H and O–H groups in total. The molecule has 0 heterocycles. The molecule has 8 heteroatoms. The molecular formula is C24H24O8. The Morgan fingerprint density at radius 3 is 1.94 bits per heavy atom. The summed E-state index contributed by atoms with van der Waals surface area (Å²) >= 11 is 0. The summed E-state index contributed by atoms with van der Waals surface area (Å²) in [5.74, 6) is -0.127. The minimum Gasteiger partial charge on any atom is -0.493 e. The molecular weight excluding hydrogens is 416 g/mol. The van der Waals surface area contributed by atoms with Crippen molar-refractivity contribution < 1.29 is 38.1 Å². The third-order valence-electron chi connectivity index (χ3n) is 3.91. The highest BCUT2D eigenvalue weighted by molar-refractivity contribution is 5.87. The summed E-state index contributed by atoms with van der Waals surface area (Å²) in [6.45, 7) is 2.65. The van der Waals surface area contributed by atoms with Gasteiger partial charge in [0.1, 0.15) is 12.4 Å². The van der Waals surface area contributed by atoms with Crippen LogP contribution in [0.1, 0.15) is 25.0 Å². The van der Waals surface area contributed by atoms with Crippen molar-refractivity contribution in [2.24, 2.45) is 0 Å². The van der Waals surface area contributed by atoms with Gasteiger partial charge in [-0.2, -0.15) is 0 Å². The van der Waals surface area contributed by atoms with Gasteiger partial charge in [0.2, 0.25) is 5.75 Å². The number of methoxy groups -OCH3 is 2. The van der Waals surface area contributed by atoms with Crippen LogP contribution in [0.15, 0.2) is 48.6 Å². The Labute approximate surface area is 186 Å². The molecule has 0 radical (unpaired) electrons. The fourth-order valence-electron chi connectivity index (χ4n) is 2.58. The van der Waals surface area contributed by atoms with Crippen molar-refractivity contribution in [3.8, 4) is 23.0 Å². The number of benzene rings is 2. The van der Waals surface area contributed by atoms with Crippen molar-refractivity contribution in [3.63, 3.8) is 0 Å². The number of rotatable bonds is 9. The van der Waals surface area contributed by atoms with E-state index in [0.29, 0.717) is 22.8 Å². The topological polar surface area (TPSA) is 97.4 Å². The maximum absolute atomic E-state index is 11.9. The first kappa shape index (κ1) is 24.2. The Balaban J connectivity index is 1.94. The predicted octanol–water partition coefficient (Wildman–Crippen LogP) is 3.82. The van der Waals surface area contributed by atoms with E-state index in [-0.39, 0.29) is 12.4 Å². The van der Waals surface area contributed by atoms with Crippen LogP contribution < -0.4 is 18.9 Å². The summed E-state index contributed by atoms with van der Waals surface area (Å²) in [5, 5.41) is 0. The zero-order valence-electron chi connectivity index (χ0n) is 18.2. The standard InChI is InChI=1S/C24H24O8/c1-16(25)31-20-10-7-18(8-11-20)9-12-23(27)30-13-5-6-19-14-21(28-3)24(32-17(2)26)22(15-19)29-4/h5-12,14-15H,13H2,1-4H3/b6-5+,12-9+. The number of carbonyl (C=O) groups excluding carboxylic acids is 3. The van der Waals surface area contributed by atoms with Gasteiger partial charge in [-0.1, -0.05) is 18.2 Å². The molecule has 0 fully saturated rings. The van der Waals surface area contributed by atoms with E-state index in [9.17, 15) is 14.4 Å². The zero-order chi connectivity index (χ0) is 23.5. The minimum absolute atomic E-state index is 0.0465. The van der Waals surface area contributed by atoms with Crippen LogP contribution in [0.25, 0.3) is 12.2 Å². The molecule has 168 valence electrons. The Kier molecular flexibility index (Phi) is 9.04. The van der Waals surface area contributed by atoms with E-state index >= 15 is 0 Å². The summed E-state index contributed by atoms with van der Waals surface area (Å²) in [6, 6.07) is 10.0. The van der Waals surface area contributed by atoms with Gasteiger partial charge in [0.25, 0.3) is 0 Å². The second-order valence-corrected chi connectivity index (χ2v) is 6.38. The molecule has 32 heavy (non-hydrogen) atoms. The van der Waals surface area contributed by atoms with Crippen LogP contribution in [0.2, 0.25) is 0 Å². The molecule has 0 aliphatic carbocycles. The molecule has 0 aliphatic rings. The molecule has 0 unspecified atom stereocenters. The van der Waals surface area contributed by atoms with E-state index in [4.69, 9.17) is 23.7 Å². The van der Waals surface area contributed by atoms with Crippen LogP contribution in [0.3, 0.4) is 0 Å². The molecule has 8 nitrogen and oxygen atoms in total. The molecule has 0 bridgehead atoms. The predicted molar refractivity (Wildman–Crippen MR) is 118 cm³/mol. The molecule has 0 saturated carbocycles. The average Bonchev–Trinajstić information content (AvgIpc) is 2.76. The van der Waals surface area contributed by atoms with E-state index in [1.54, 1.807) is 54.6 Å². The Morgan fingerprint density at radius 1 is 0.812 bits per heavy atom. The van der Waals surface area contributed by atoms with Gasteiger partial charge >= 0.3 is 17.9 Å². The van der Waals surface area contributed by atoms with E-state index in [1.165, 1.54) is 34.1 Å². The molecule has 2 aromatic rings. The molecule has 2 rings (SSSR count). The average molecular weight is 440 g/mol. The second-order valence-electron chi connectivity index (χ2n) is 6.38. The summed E-state index contributed by atoms with van der Waals surface area (Å²) < 4.78 is 25.8. The van der Waals surface area contributed by atoms with Crippen molar-refractivity contribution >= 4 is 30.1 Å². The molecule has 0 spiro atoms. The number of ether oxygens (including phenoxy) is 5. The monoisotopic (exact) mass is 440 g/mol. The molecule has 0 atom stereocenters. The first-order valence-electron chi connectivity index (χ1n) is 9.56. The Hall–Kier alpha value is -4.07. The molecule has 0 aliphatic heterocycles. The lowest BCUT2D eigenvalue weighted by molar-refractivity contribution is -0.136. The number of carbonyl (C=O) groups is 3. The second kappa shape index (κ2) is 11.9. The summed E-state index contributed by atoms with van der Waals surface area (Å²) in [4.78, 5) is 34.1. The third-order valence-corrected chi connectivity index (χ3v) is 3.91. The van der Waals surface area contributed by atoms with Crippen LogP contribution in [-0.2, 0) is 19.1 Å². The minimum atomic E-state index is -0.515. The smallest absolute Gasteiger partial charge is 0.331 e. The van der Waals surface area contributed by atoms with Gasteiger partial charge in [0, 0.05) is 19.9 Å². The van der Waals surface area contributed by atoms with Crippen molar-refractivity contribution in [2.45, 2.75) is 13.8 Å². The summed E-state index contributed by atoms with van der Waals surface area (Å²) in [5.41, 5.74) is 1.45. The molecule has 0 amide bonds. The van der Waals surface area contributed by atoms with Crippen LogP contribution >= 0.6 is 0 Å². The number of hydrogen-bond acceptors (Lipinski definition) is 8. The highest BCUT2D eigenvalue weighted by Gasteiger charge is 2.15. The van der Waals surface area contributed by atoms with Gasteiger partial charge in [0.05, 0.1) is 14.2 Å². The van der Waals surface area contributed by atoms with Crippen molar-refractivity contribution in [1.29, 1.82) is 0 Å². The molecule has 0 saturated heterocycles. The Bertz CT molecular complexity index is 994. The molecule has 2 aromatic carbocycles. The highest BCUT2D eigenvalue weighted by atomic mass is 16.6. The van der Waals surface area contributed by atoms with Gasteiger partial charge in [-0.05, 0) is 47.5 Å². The maximum Gasteiger partial charge on any atom is 0.331 e. The van der Waals surface area contributed by atoms with E-state index < -0.39 is 17.9 Å². The highest BCUT2D eigenvalue weighted by Crippen LogP contribution is 2.39. The first-order valence-corrected chi connectivity index (χ1v) is 9.56. The van der Waals surface area contributed by atoms with Crippen LogP contribution in [0, 0.1) is 0 Å². The first-order chi connectivity index (χ1) is 15.3. The van der Waals surface area contributed by atoms with Crippen LogP contribution in [-0.4, -0.2) is 38.7 Å². The van der Waals surface area contributed by atoms with Gasteiger partial charge in [-0.3, -0.25) is 9.59 Å². The van der Waals surface area contributed by atoms with Gasteiger partial charge < -0.3 is 23.7 Å². The third kappa shape index (κ3) is 7.64. The normalized spacial score (nSPS) is 10.8. The van der Waals surface area contributed by atoms with Crippen LogP contribution in [0.5, 0.6) is 23.0 Å². The van der Waals surface area contributed by atoms with Gasteiger partial charge in [-0.15, -0.1) is 0 Å². The number of hydrogen-bond donors (Lipinski definition) is 0. The van der Waals surface area contributed by atoms with Crippen molar-refractivity contribution in [2.75, 3.05) is 20.8 Å². The lowest BCUT2D eigenvalue weighted by Crippen LogP contribution is -2.05. The fourth-order valence-corrected chi connectivity index (χ4v) is 2.58. The lowest BCUT2D eigenvalue weighted by atomic mass is 10.1. The maximum atomic E-state index is 11.9. The SMILES string of the molecule is COc1cc(/C=C/COC(=O)/C=C/c2ccc(OC(C)=O)cc2)cc(OC)c1OC(C)=O. The van der Waals surface area contributed by atoms with E-state index in [1.807, 2.05) is 0 Å². The van der Waals surface area contributed by atoms with Crippen LogP contribution in [0.4, 0.5) is 0 Å².